The van der Waals surface area contributed by atoms with Gasteiger partial charge in [0.1, 0.15) is 17.9 Å². The molecule has 2 aromatic rings. The molecule has 1 N–H and O–H groups in total. The summed E-state index contributed by atoms with van der Waals surface area (Å²) in [6, 6.07) is -0.0260. The minimum atomic E-state index is -0.0661. The molecule has 21 heavy (non-hydrogen) atoms. The first-order chi connectivity index (χ1) is 10.3. The van der Waals surface area contributed by atoms with Crippen molar-refractivity contribution in [2.75, 3.05) is 13.2 Å². The van der Waals surface area contributed by atoms with Crippen LogP contribution >= 0.6 is 11.6 Å². The molecule has 3 fully saturated rings. The molecule has 0 spiro atoms. The van der Waals surface area contributed by atoms with Crippen molar-refractivity contribution < 1.29 is 14.6 Å². The molecule has 3 aliphatic rings. The number of fused-ring (bicyclic) bond motifs is 2. The molecule has 0 aromatic carbocycles. The Balaban J connectivity index is 1.65. The highest BCUT2D eigenvalue weighted by Gasteiger charge is 2.64. The molecule has 5 rings (SSSR count). The third-order valence-corrected chi connectivity index (χ3v) is 5.31. The van der Waals surface area contributed by atoms with Gasteiger partial charge in [0.05, 0.1) is 31.2 Å². The fourth-order valence-electron chi connectivity index (χ4n) is 4.14. The van der Waals surface area contributed by atoms with Crippen molar-refractivity contribution >= 4 is 22.8 Å². The molecular weight excluding hydrogens is 296 g/mol. The number of aromatic nitrogens is 4. The summed E-state index contributed by atoms with van der Waals surface area (Å²) in [7, 11) is 0. The average Bonchev–Trinajstić information content (AvgIpc) is 3.18. The second-order valence-electron chi connectivity index (χ2n) is 5.85. The molecule has 0 aliphatic carbocycles. The molecule has 0 radical (unpaired) electrons. The third-order valence-electron chi connectivity index (χ3n) is 5.03. The van der Waals surface area contributed by atoms with Crippen molar-refractivity contribution in [2.45, 2.75) is 24.4 Å². The average molecular weight is 309 g/mol. The monoisotopic (exact) mass is 308 g/mol. The summed E-state index contributed by atoms with van der Waals surface area (Å²) >= 11 is 6.06. The van der Waals surface area contributed by atoms with Crippen LogP contribution in [0.4, 0.5) is 0 Å². The van der Waals surface area contributed by atoms with E-state index in [2.05, 4.69) is 15.0 Å². The number of ether oxygens (including phenoxy) is 2. The standard InChI is InChI=1S/C13H13ClN4O3/c14-12-7-13(16-3-15-12)18(4-17-7)8-9-5(1-19)6-2-20-11(8)10(6)21-9/h3-6,8-11,19H,1-2H2. The molecule has 3 aliphatic heterocycles. The number of hydrogen-bond acceptors (Lipinski definition) is 6. The van der Waals surface area contributed by atoms with E-state index in [9.17, 15) is 5.11 Å². The third kappa shape index (κ3) is 1.42. The maximum absolute atomic E-state index is 9.67. The Morgan fingerprint density at radius 3 is 3.05 bits per heavy atom. The summed E-state index contributed by atoms with van der Waals surface area (Å²) in [6.07, 6.45) is 3.13. The molecule has 7 nitrogen and oxygen atoms in total. The van der Waals surface area contributed by atoms with Crippen LogP contribution in [0.25, 0.3) is 11.2 Å². The zero-order valence-electron chi connectivity index (χ0n) is 11.0. The van der Waals surface area contributed by atoms with Crippen LogP contribution in [-0.2, 0) is 9.47 Å². The van der Waals surface area contributed by atoms with Crippen LogP contribution in [0.3, 0.4) is 0 Å². The van der Waals surface area contributed by atoms with E-state index in [0.717, 1.165) is 0 Å². The van der Waals surface area contributed by atoms with Crippen molar-refractivity contribution in [1.29, 1.82) is 0 Å². The van der Waals surface area contributed by atoms with E-state index in [1.54, 1.807) is 6.33 Å². The Morgan fingerprint density at radius 2 is 2.19 bits per heavy atom. The molecule has 2 aromatic heterocycles. The topological polar surface area (TPSA) is 82.3 Å². The van der Waals surface area contributed by atoms with Crippen LogP contribution in [0.2, 0.25) is 5.15 Å². The van der Waals surface area contributed by atoms with Gasteiger partial charge in [-0.2, -0.15) is 0 Å². The zero-order valence-corrected chi connectivity index (χ0v) is 11.7. The maximum Gasteiger partial charge on any atom is 0.165 e. The second kappa shape index (κ2) is 4.13. The van der Waals surface area contributed by atoms with E-state index in [4.69, 9.17) is 21.1 Å². The lowest BCUT2D eigenvalue weighted by Gasteiger charge is -2.29. The van der Waals surface area contributed by atoms with Gasteiger partial charge < -0.3 is 19.1 Å². The lowest BCUT2D eigenvalue weighted by Crippen LogP contribution is -2.40. The van der Waals surface area contributed by atoms with Gasteiger partial charge in [-0.3, -0.25) is 0 Å². The fourth-order valence-corrected chi connectivity index (χ4v) is 4.32. The SMILES string of the molecule is OCC1C2COC3C2OC1C3n1cnc2c(Cl)ncnc21. The molecule has 3 saturated heterocycles. The van der Waals surface area contributed by atoms with Gasteiger partial charge in [-0.25, -0.2) is 15.0 Å². The van der Waals surface area contributed by atoms with E-state index in [1.165, 1.54) is 6.33 Å². The summed E-state index contributed by atoms with van der Waals surface area (Å²) in [6.45, 7) is 0.761. The lowest BCUT2D eigenvalue weighted by atomic mass is 9.78. The number of hydrogen-bond donors (Lipinski definition) is 1. The Hall–Kier alpha value is -1.28. The highest BCUT2D eigenvalue weighted by atomic mass is 35.5. The lowest BCUT2D eigenvalue weighted by molar-refractivity contribution is 0.0541. The molecule has 0 amide bonds. The smallest absolute Gasteiger partial charge is 0.165 e. The Bertz CT molecular complexity index is 723. The van der Waals surface area contributed by atoms with E-state index >= 15 is 0 Å². The second-order valence-corrected chi connectivity index (χ2v) is 6.21. The number of aliphatic hydroxyl groups excluding tert-OH is 1. The van der Waals surface area contributed by atoms with Crippen molar-refractivity contribution in [3.05, 3.63) is 17.8 Å². The largest absolute Gasteiger partial charge is 0.396 e. The van der Waals surface area contributed by atoms with Gasteiger partial charge >= 0.3 is 0 Å². The Kier molecular flexibility index (Phi) is 2.42. The molecule has 8 heteroatoms. The number of halogens is 1. The molecule has 2 bridgehead atoms. The highest BCUT2D eigenvalue weighted by Crippen LogP contribution is 2.54. The Labute approximate surface area is 124 Å². The summed E-state index contributed by atoms with van der Waals surface area (Å²) in [5.41, 5.74) is 1.26. The van der Waals surface area contributed by atoms with Crippen molar-refractivity contribution in [1.82, 2.24) is 19.5 Å². The van der Waals surface area contributed by atoms with Crippen LogP contribution in [-0.4, -0.2) is 56.2 Å². The van der Waals surface area contributed by atoms with E-state index in [-0.39, 0.29) is 36.9 Å². The summed E-state index contributed by atoms with van der Waals surface area (Å²) in [4.78, 5) is 12.6. The molecule has 6 atom stereocenters. The quantitative estimate of drug-likeness (QED) is 0.810. The summed E-state index contributed by atoms with van der Waals surface area (Å²) < 4.78 is 13.9. The normalized spacial score (nSPS) is 40.5. The predicted octanol–water partition coefficient (Wildman–Crippen LogP) is 0.425. The van der Waals surface area contributed by atoms with Crippen molar-refractivity contribution in [3.63, 3.8) is 0 Å². The first-order valence-corrected chi connectivity index (χ1v) is 7.38. The van der Waals surface area contributed by atoms with Gasteiger partial charge in [0.15, 0.2) is 10.8 Å². The molecular formula is C13H13ClN4O3. The predicted molar refractivity (Wildman–Crippen MR) is 71.8 cm³/mol. The van der Waals surface area contributed by atoms with Gasteiger partial charge in [-0.05, 0) is 0 Å². The first kappa shape index (κ1) is 12.3. The van der Waals surface area contributed by atoms with Crippen LogP contribution in [0.5, 0.6) is 0 Å². The molecule has 110 valence electrons. The number of rotatable bonds is 2. The zero-order chi connectivity index (χ0) is 14.1. The highest BCUT2D eigenvalue weighted by molar-refractivity contribution is 6.33. The maximum atomic E-state index is 9.67. The van der Waals surface area contributed by atoms with Crippen molar-refractivity contribution in [2.24, 2.45) is 11.8 Å². The minimum absolute atomic E-state index is 0.00561. The van der Waals surface area contributed by atoms with E-state index in [0.29, 0.717) is 28.8 Å². The molecule has 0 saturated carbocycles. The van der Waals surface area contributed by atoms with Gasteiger partial charge in [0, 0.05) is 18.4 Å². The van der Waals surface area contributed by atoms with Crippen LogP contribution < -0.4 is 0 Å². The Morgan fingerprint density at radius 1 is 1.29 bits per heavy atom. The van der Waals surface area contributed by atoms with Gasteiger partial charge in [0.25, 0.3) is 0 Å². The van der Waals surface area contributed by atoms with E-state index in [1.807, 2.05) is 4.57 Å². The van der Waals surface area contributed by atoms with Gasteiger partial charge in [0.2, 0.25) is 0 Å². The fraction of sp³-hybridized carbons (Fsp3) is 0.615. The van der Waals surface area contributed by atoms with Crippen LogP contribution in [0.1, 0.15) is 6.04 Å². The molecule has 6 unspecified atom stereocenters. The van der Waals surface area contributed by atoms with Crippen LogP contribution in [0, 0.1) is 11.8 Å². The number of aliphatic hydroxyl groups is 1. The molecule has 5 heterocycles. The minimum Gasteiger partial charge on any atom is -0.396 e. The summed E-state index contributed by atoms with van der Waals surface area (Å²) in [5, 5.41) is 10.0. The van der Waals surface area contributed by atoms with Crippen molar-refractivity contribution in [3.8, 4) is 0 Å². The first-order valence-electron chi connectivity index (χ1n) is 7.00. The number of nitrogens with zero attached hydrogens (tertiary/aromatic N) is 4. The van der Waals surface area contributed by atoms with Crippen LogP contribution in [0.15, 0.2) is 12.7 Å². The summed E-state index contributed by atoms with van der Waals surface area (Å²) in [5.74, 6) is 0.405. The number of imidazole rings is 1. The van der Waals surface area contributed by atoms with Gasteiger partial charge in [-0.15, -0.1) is 0 Å². The van der Waals surface area contributed by atoms with Gasteiger partial charge in [-0.1, -0.05) is 11.6 Å². The van der Waals surface area contributed by atoms with E-state index < -0.39 is 0 Å².